The van der Waals surface area contributed by atoms with Crippen molar-refractivity contribution in [2.45, 2.75) is 51.6 Å². The molecule has 0 amide bonds. The summed E-state index contributed by atoms with van der Waals surface area (Å²) < 4.78 is 5.45. The van der Waals surface area contributed by atoms with Gasteiger partial charge in [-0.15, -0.1) is 0 Å². The van der Waals surface area contributed by atoms with E-state index in [2.05, 4.69) is 25.7 Å². The molecule has 1 atom stereocenters. The maximum Gasteiger partial charge on any atom is 0.0484 e. The van der Waals surface area contributed by atoms with Crippen LogP contribution in [0.1, 0.15) is 40.0 Å². The van der Waals surface area contributed by atoms with Crippen molar-refractivity contribution in [1.29, 1.82) is 0 Å². The molecule has 0 aromatic rings. The van der Waals surface area contributed by atoms with Crippen LogP contribution < -0.4 is 5.73 Å². The van der Waals surface area contributed by atoms with Gasteiger partial charge in [-0.25, -0.2) is 0 Å². The number of ether oxygens (including phenoxy) is 1. The topological polar surface area (TPSA) is 38.5 Å². The molecule has 2 N–H and O–H groups in total. The van der Waals surface area contributed by atoms with Gasteiger partial charge in [-0.3, -0.25) is 4.90 Å². The lowest BCUT2D eigenvalue weighted by molar-refractivity contribution is -0.0388. The van der Waals surface area contributed by atoms with E-state index >= 15 is 0 Å². The molecule has 1 aliphatic heterocycles. The van der Waals surface area contributed by atoms with Crippen LogP contribution in [0.5, 0.6) is 0 Å². The minimum absolute atomic E-state index is 0.197. The Morgan fingerprint density at radius 1 is 1.33 bits per heavy atom. The fourth-order valence-corrected chi connectivity index (χ4v) is 2.69. The second-order valence-corrected chi connectivity index (χ2v) is 4.58. The molecular formula is C12H26N2O. The lowest BCUT2D eigenvalue weighted by Crippen LogP contribution is -2.59. The second kappa shape index (κ2) is 5.83. The Morgan fingerprint density at radius 2 is 1.93 bits per heavy atom. The lowest BCUT2D eigenvalue weighted by Gasteiger charge is -2.48. The summed E-state index contributed by atoms with van der Waals surface area (Å²) in [4.78, 5) is 2.58. The number of rotatable bonds is 5. The van der Waals surface area contributed by atoms with Gasteiger partial charge in [-0.05, 0) is 32.7 Å². The molecule has 0 aliphatic carbocycles. The van der Waals surface area contributed by atoms with E-state index in [1.54, 1.807) is 0 Å². The Labute approximate surface area is 94.0 Å². The van der Waals surface area contributed by atoms with Gasteiger partial charge < -0.3 is 10.5 Å². The van der Waals surface area contributed by atoms with Gasteiger partial charge in [0.1, 0.15) is 0 Å². The largest absolute Gasteiger partial charge is 0.381 e. The highest BCUT2D eigenvalue weighted by Crippen LogP contribution is 2.29. The first-order chi connectivity index (χ1) is 7.20. The molecule has 1 saturated heterocycles. The Hall–Kier alpha value is -0.120. The molecule has 0 radical (unpaired) electrons. The summed E-state index contributed by atoms with van der Waals surface area (Å²) >= 11 is 0. The Kier molecular flexibility index (Phi) is 5.03. The molecule has 0 spiro atoms. The van der Waals surface area contributed by atoms with Crippen molar-refractivity contribution in [3.8, 4) is 0 Å². The third-order valence-corrected chi connectivity index (χ3v) is 3.88. The summed E-state index contributed by atoms with van der Waals surface area (Å²) in [5, 5.41) is 0. The summed E-state index contributed by atoms with van der Waals surface area (Å²) in [6, 6.07) is 0.622. The van der Waals surface area contributed by atoms with Gasteiger partial charge in [0.05, 0.1) is 0 Å². The molecule has 0 saturated carbocycles. The van der Waals surface area contributed by atoms with Crippen molar-refractivity contribution in [3.05, 3.63) is 0 Å². The van der Waals surface area contributed by atoms with Gasteiger partial charge in [0.25, 0.3) is 0 Å². The van der Waals surface area contributed by atoms with E-state index in [-0.39, 0.29) is 5.54 Å². The average molecular weight is 214 g/mol. The van der Waals surface area contributed by atoms with Crippen LogP contribution in [0.4, 0.5) is 0 Å². The zero-order valence-corrected chi connectivity index (χ0v) is 10.5. The van der Waals surface area contributed by atoms with Crippen LogP contribution in [-0.2, 0) is 4.74 Å². The molecule has 1 fully saturated rings. The molecule has 0 aromatic carbocycles. The summed E-state index contributed by atoms with van der Waals surface area (Å²) in [7, 11) is 0. The van der Waals surface area contributed by atoms with E-state index in [1.807, 2.05) is 0 Å². The second-order valence-electron chi connectivity index (χ2n) is 4.58. The number of likely N-dealkylation sites (N-methyl/N-ethyl adjacent to an activating group) is 1. The number of hydrogen-bond acceptors (Lipinski definition) is 3. The van der Waals surface area contributed by atoms with E-state index in [1.165, 1.54) is 6.42 Å². The van der Waals surface area contributed by atoms with Gasteiger partial charge in [0.15, 0.2) is 0 Å². The quantitative estimate of drug-likeness (QED) is 0.755. The first-order valence-electron chi connectivity index (χ1n) is 6.24. The van der Waals surface area contributed by atoms with Crippen LogP contribution in [0.2, 0.25) is 0 Å². The molecular weight excluding hydrogens is 188 g/mol. The molecule has 1 heterocycles. The first kappa shape index (κ1) is 12.9. The van der Waals surface area contributed by atoms with E-state index in [9.17, 15) is 0 Å². The number of hydrogen-bond donors (Lipinski definition) is 1. The molecule has 1 aliphatic rings. The predicted octanol–water partition coefficient (Wildman–Crippen LogP) is 1.61. The van der Waals surface area contributed by atoms with Crippen LogP contribution in [0, 0.1) is 0 Å². The maximum absolute atomic E-state index is 6.01. The van der Waals surface area contributed by atoms with Gasteiger partial charge in [-0.2, -0.15) is 0 Å². The molecule has 0 bridgehead atoms. The fraction of sp³-hybridized carbons (Fsp3) is 1.00. The zero-order valence-electron chi connectivity index (χ0n) is 10.5. The third kappa shape index (κ3) is 2.71. The number of nitrogens with zero attached hydrogens (tertiary/aromatic N) is 1. The summed E-state index contributed by atoms with van der Waals surface area (Å²) in [6.07, 6.45) is 3.36. The van der Waals surface area contributed by atoms with Gasteiger partial charge in [0, 0.05) is 31.3 Å². The summed E-state index contributed by atoms with van der Waals surface area (Å²) in [6.45, 7) is 10.4. The predicted molar refractivity (Wildman–Crippen MR) is 64.0 cm³/mol. The highest BCUT2D eigenvalue weighted by atomic mass is 16.5. The summed E-state index contributed by atoms with van der Waals surface area (Å²) in [5.74, 6) is 0. The highest BCUT2D eigenvalue weighted by Gasteiger charge is 2.38. The van der Waals surface area contributed by atoms with E-state index < -0.39 is 0 Å². The lowest BCUT2D eigenvalue weighted by atomic mass is 9.86. The van der Waals surface area contributed by atoms with E-state index in [0.717, 1.165) is 39.1 Å². The average Bonchev–Trinajstić information content (AvgIpc) is 2.30. The van der Waals surface area contributed by atoms with Crippen molar-refractivity contribution in [2.75, 3.05) is 26.3 Å². The Morgan fingerprint density at radius 3 is 2.33 bits per heavy atom. The van der Waals surface area contributed by atoms with Crippen LogP contribution in [0.25, 0.3) is 0 Å². The molecule has 15 heavy (non-hydrogen) atoms. The van der Waals surface area contributed by atoms with E-state index in [4.69, 9.17) is 10.5 Å². The molecule has 90 valence electrons. The molecule has 0 aromatic heterocycles. The minimum Gasteiger partial charge on any atom is -0.381 e. The van der Waals surface area contributed by atoms with Crippen molar-refractivity contribution in [1.82, 2.24) is 4.90 Å². The maximum atomic E-state index is 6.01. The van der Waals surface area contributed by atoms with Gasteiger partial charge in [0.2, 0.25) is 0 Å². The molecule has 1 unspecified atom stereocenters. The summed E-state index contributed by atoms with van der Waals surface area (Å²) in [5.41, 5.74) is 6.21. The number of nitrogens with two attached hydrogens (primary N) is 1. The third-order valence-electron chi connectivity index (χ3n) is 3.88. The van der Waals surface area contributed by atoms with Crippen molar-refractivity contribution in [2.24, 2.45) is 5.73 Å². The van der Waals surface area contributed by atoms with Crippen LogP contribution in [0.3, 0.4) is 0 Å². The molecule has 1 rings (SSSR count). The normalized spacial score (nSPS) is 23.0. The van der Waals surface area contributed by atoms with Crippen LogP contribution in [0.15, 0.2) is 0 Å². The van der Waals surface area contributed by atoms with Gasteiger partial charge >= 0.3 is 0 Å². The molecule has 3 heteroatoms. The Bertz CT molecular complexity index is 178. The molecule has 3 nitrogen and oxygen atoms in total. The zero-order chi connectivity index (χ0) is 11.3. The Balaban J connectivity index is 2.75. The van der Waals surface area contributed by atoms with Crippen molar-refractivity contribution < 1.29 is 4.74 Å². The van der Waals surface area contributed by atoms with Crippen molar-refractivity contribution >= 4 is 0 Å². The van der Waals surface area contributed by atoms with Crippen LogP contribution in [-0.4, -0.2) is 42.8 Å². The highest BCUT2D eigenvalue weighted by molar-refractivity contribution is 4.95. The van der Waals surface area contributed by atoms with E-state index in [0.29, 0.717) is 6.04 Å². The standard InChI is InChI=1S/C12H26N2O/c1-4-11(3)14(5-2)12(10-13)6-8-15-9-7-12/h11H,4-10,13H2,1-3H3. The first-order valence-corrected chi connectivity index (χ1v) is 6.24. The smallest absolute Gasteiger partial charge is 0.0484 e. The van der Waals surface area contributed by atoms with Crippen molar-refractivity contribution in [3.63, 3.8) is 0 Å². The minimum atomic E-state index is 0.197. The van der Waals surface area contributed by atoms with Crippen LogP contribution >= 0.6 is 0 Å². The fourth-order valence-electron chi connectivity index (χ4n) is 2.69. The SMILES string of the molecule is CCC(C)N(CC)C1(CN)CCOCC1. The van der Waals surface area contributed by atoms with Gasteiger partial charge in [-0.1, -0.05) is 13.8 Å². The monoisotopic (exact) mass is 214 g/mol.